The van der Waals surface area contributed by atoms with E-state index in [9.17, 15) is 5.11 Å². The molecule has 4 nitrogen and oxygen atoms in total. The molecule has 0 saturated carbocycles. The number of ether oxygens (including phenoxy) is 1. The first-order valence-corrected chi connectivity index (χ1v) is 4.26. The van der Waals surface area contributed by atoms with Gasteiger partial charge in [-0.05, 0) is 26.0 Å². The van der Waals surface area contributed by atoms with Crippen molar-refractivity contribution < 1.29 is 14.7 Å². The molecule has 0 saturated heterocycles. The summed E-state index contributed by atoms with van der Waals surface area (Å²) in [5.74, 6) is 5.89. The van der Waals surface area contributed by atoms with Gasteiger partial charge in [0.1, 0.15) is 17.1 Å². The highest BCUT2D eigenvalue weighted by Gasteiger charge is 2.24. The quantitative estimate of drug-likeness (QED) is 0.721. The second-order valence-electron chi connectivity index (χ2n) is 3.51. The molecule has 0 fully saturated rings. The predicted molar refractivity (Wildman–Crippen MR) is 53.0 cm³/mol. The molecule has 0 heterocycles. The molecule has 1 aromatic rings. The van der Waals surface area contributed by atoms with Crippen molar-refractivity contribution in [1.29, 1.82) is 0 Å². The van der Waals surface area contributed by atoms with Gasteiger partial charge in [0.15, 0.2) is 0 Å². The molecule has 0 unspecified atom stereocenters. The second-order valence-corrected chi connectivity index (χ2v) is 3.51. The lowest BCUT2D eigenvalue weighted by atomic mass is 9.97. The first-order chi connectivity index (χ1) is 6.51. The van der Waals surface area contributed by atoms with Crippen molar-refractivity contribution >= 4 is 0 Å². The molecule has 0 radical (unpaired) electrons. The summed E-state index contributed by atoms with van der Waals surface area (Å²) >= 11 is 0. The predicted octanol–water partition coefficient (Wildman–Crippen LogP) is 1.53. The molecule has 4 heteroatoms. The lowest BCUT2D eigenvalue weighted by molar-refractivity contribution is -0.0251. The summed E-state index contributed by atoms with van der Waals surface area (Å²) in [4.78, 5) is 4.84. The van der Waals surface area contributed by atoms with Gasteiger partial charge in [-0.1, -0.05) is 0 Å². The Labute approximate surface area is 83.2 Å². The molecule has 1 aromatic carbocycles. The minimum Gasteiger partial charge on any atom is -0.508 e. The van der Waals surface area contributed by atoms with E-state index < -0.39 is 5.60 Å². The molecule has 3 N–H and O–H groups in total. The maximum absolute atomic E-state index is 9.25. The van der Waals surface area contributed by atoms with Gasteiger partial charge in [-0.15, -0.1) is 0 Å². The topological polar surface area (TPSA) is 64.7 Å². The molecule has 0 aliphatic carbocycles. The number of nitrogens with two attached hydrogens (primary N) is 1. The van der Waals surface area contributed by atoms with E-state index in [4.69, 9.17) is 15.5 Å². The van der Waals surface area contributed by atoms with Crippen LogP contribution in [0, 0.1) is 0 Å². The minimum atomic E-state index is -0.640. The standard InChI is InChI=1S/C10H15NO3/c1-10(2,14-11)8-5-4-7(12)6-9(8)13-3/h4-6,12H,11H2,1-3H3. The number of phenols is 1. The Morgan fingerprint density at radius 1 is 1.36 bits per heavy atom. The molecular formula is C10H15NO3. The van der Waals surface area contributed by atoms with Gasteiger partial charge in [-0.2, -0.15) is 0 Å². The second kappa shape index (κ2) is 3.86. The normalized spacial score (nSPS) is 11.4. The van der Waals surface area contributed by atoms with Crippen molar-refractivity contribution in [3.8, 4) is 11.5 Å². The van der Waals surface area contributed by atoms with E-state index in [1.807, 2.05) is 13.8 Å². The average Bonchev–Trinajstić information content (AvgIpc) is 2.17. The van der Waals surface area contributed by atoms with Crippen LogP contribution in [0.4, 0.5) is 0 Å². The molecule has 14 heavy (non-hydrogen) atoms. The van der Waals surface area contributed by atoms with E-state index >= 15 is 0 Å². The van der Waals surface area contributed by atoms with Crippen LogP contribution >= 0.6 is 0 Å². The lowest BCUT2D eigenvalue weighted by Gasteiger charge is -2.24. The third kappa shape index (κ3) is 1.97. The van der Waals surface area contributed by atoms with Gasteiger partial charge in [0.2, 0.25) is 0 Å². The number of aromatic hydroxyl groups is 1. The fraction of sp³-hybridized carbons (Fsp3) is 0.400. The number of methoxy groups -OCH3 is 1. The monoisotopic (exact) mass is 197 g/mol. The zero-order valence-corrected chi connectivity index (χ0v) is 8.57. The Morgan fingerprint density at radius 3 is 2.50 bits per heavy atom. The molecule has 1 rings (SSSR count). The van der Waals surface area contributed by atoms with E-state index in [0.717, 1.165) is 5.56 Å². The molecular weight excluding hydrogens is 182 g/mol. The van der Waals surface area contributed by atoms with Crippen LogP contribution in [0.25, 0.3) is 0 Å². The van der Waals surface area contributed by atoms with Gasteiger partial charge < -0.3 is 9.84 Å². The van der Waals surface area contributed by atoms with E-state index in [0.29, 0.717) is 5.75 Å². The van der Waals surface area contributed by atoms with Gasteiger partial charge in [-0.25, -0.2) is 5.90 Å². The summed E-state index contributed by atoms with van der Waals surface area (Å²) < 4.78 is 5.12. The smallest absolute Gasteiger partial charge is 0.128 e. The molecule has 0 aliphatic heterocycles. The summed E-state index contributed by atoms with van der Waals surface area (Å²) in [6, 6.07) is 4.82. The van der Waals surface area contributed by atoms with Crippen molar-refractivity contribution in [3.05, 3.63) is 23.8 Å². The van der Waals surface area contributed by atoms with E-state index in [2.05, 4.69) is 0 Å². The number of benzene rings is 1. The maximum Gasteiger partial charge on any atom is 0.128 e. The molecule has 0 aromatic heterocycles. The number of hydrogen-bond acceptors (Lipinski definition) is 4. The van der Waals surface area contributed by atoms with Crippen molar-refractivity contribution in [2.75, 3.05) is 7.11 Å². The Morgan fingerprint density at radius 2 is 2.00 bits per heavy atom. The average molecular weight is 197 g/mol. The number of phenolic OH excluding ortho intramolecular Hbond substituents is 1. The summed E-state index contributed by atoms with van der Waals surface area (Å²) in [5, 5.41) is 9.25. The van der Waals surface area contributed by atoms with Gasteiger partial charge in [0.05, 0.1) is 7.11 Å². The van der Waals surface area contributed by atoms with Crippen LogP contribution in [0.2, 0.25) is 0 Å². The Kier molecular flexibility index (Phi) is 2.98. The third-order valence-electron chi connectivity index (χ3n) is 2.13. The van der Waals surface area contributed by atoms with Crippen LogP contribution in [0.5, 0.6) is 11.5 Å². The van der Waals surface area contributed by atoms with E-state index in [1.54, 1.807) is 12.1 Å². The van der Waals surface area contributed by atoms with Crippen LogP contribution in [0.15, 0.2) is 18.2 Å². The van der Waals surface area contributed by atoms with Gasteiger partial charge in [0.25, 0.3) is 0 Å². The molecule has 0 bridgehead atoms. The van der Waals surface area contributed by atoms with Crippen LogP contribution in [-0.2, 0) is 10.4 Å². The summed E-state index contributed by atoms with van der Waals surface area (Å²) in [6.07, 6.45) is 0. The van der Waals surface area contributed by atoms with Gasteiger partial charge in [-0.3, -0.25) is 4.84 Å². The summed E-state index contributed by atoms with van der Waals surface area (Å²) in [7, 11) is 1.53. The molecule has 0 amide bonds. The molecule has 0 spiro atoms. The summed E-state index contributed by atoms with van der Waals surface area (Å²) in [5.41, 5.74) is 0.152. The van der Waals surface area contributed by atoms with E-state index in [-0.39, 0.29) is 5.75 Å². The zero-order chi connectivity index (χ0) is 10.8. The highest BCUT2D eigenvalue weighted by molar-refractivity contribution is 5.42. The van der Waals surface area contributed by atoms with Crippen molar-refractivity contribution in [2.45, 2.75) is 19.4 Å². The maximum atomic E-state index is 9.25. The first-order valence-electron chi connectivity index (χ1n) is 4.26. The minimum absolute atomic E-state index is 0.151. The number of hydrogen-bond donors (Lipinski definition) is 2. The van der Waals surface area contributed by atoms with Crippen LogP contribution < -0.4 is 10.6 Å². The van der Waals surface area contributed by atoms with Crippen molar-refractivity contribution in [1.82, 2.24) is 0 Å². The van der Waals surface area contributed by atoms with Crippen LogP contribution in [0.3, 0.4) is 0 Å². The lowest BCUT2D eigenvalue weighted by Crippen LogP contribution is -2.25. The highest BCUT2D eigenvalue weighted by atomic mass is 16.6. The molecule has 0 atom stereocenters. The third-order valence-corrected chi connectivity index (χ3v) is 2.13. The molecule has 0 aliphatic rings. The zero-order valence-electron chi connectivity index (χ0n) is 8.57. The van der Waals surface area contributed by atoms with Crippen molar-refractivity contribution in [3.63, 3.8) is 0 Å². The van der Waals surface area contributed by atoms with Crippen molar-refractivity contribution in [2.24, 2.45) is 5.90 Å². The Balaban J connectivity index is 3.20. The fourth-order valence-corrected chi connectivity index (χ4v) is 1.24. The largest absolute Gasteiger partial charge is 0.508 e. The van der Waals surface area contributed by atoms with E-state index in [1.165, 1.54) is 13.2 Å². The Bertz CT molecular complexity index is 323. The Hall–Kier alpha value is -1.26. The molecule has 78 valence electrons. The van der Waals surface area contributed by atoms with Gasteiger partial charge in [0, 0.05) is 11.6 Å². The fourth-order valence-electron chi connectivity index (χ4n) is 1.24. The summed E-state index contributed by atoms with van der Waals surface area (Å²) in [6.45, 7) is 3.64. The first kappa shape index (κ1) is 10.8. The van der Waals surface area contributed by atoms with Gasteiger partial charge >= 0.3 is 0 Å². The van der Waals surface area contributed by atoms with Crippen LogP contribution in [0.1, 0.15) is 19.4 Å². The van der Waals surface area contributed by atoms with Crippen LogP contribution in [-0.4, -0.2) is 12.2 Å². The highest BCUT2D eigenvalue weighted by Crippen LogP contribution is 2.33. The SMILES string of the molecule is COc1cc(O)ccc1C(C)(C)ON. The number of rotatable bonds is 3.